The number of nitrogens with two attached hydrogens (primary N) is 1. The van der Waals surface area contributed by atoms with Crippen LogP contribution in [0.2, 0.25) is 5.02 Å². The van der Waals surface area contributed by atoms with Crippen LogP contribution < -0.4 is 16.4 Å². The number of halogens is 1. The fourth-order valence-corrected chi connectivity index (χ4v) is 3.37. The molecule has 4 rings (SSSR count). The number of rotatable bonds is 4. The van der Waals surface area contributed by atoms with E-state index in [1.165, 1.54) is 6.42 Å². The summed E-state index contributed by atoms with van der Waals surface area (Å²) in [6.07, 6.45) is 4.38. The number of hydrogen-bond acceptors (Lipinski definition) is 7. The van der Waals surface area contributed by atoms with E-state index in [0.29, 0.717) is 28.0 Å². The summed E-state index contributed by atoms with van der Waals surface area (Å²) in [5.41, 5.74) is 8.38. The first-order valence-corrected chi connectivity index (χ1v) is 9.10. The van der Waals surface area contributed by atoms with Crippen LogP contribution in [0.3, 0.4) is 0 Å². The summed E-state index contributed by atoms with van der Waals surface area (Å²) >= 11 is 5.96. The van der Waals surface area contributed by atoms with Gasteiger partial charge in [0.2, 0.25) is 5.95 Å². The molecule has 136 valence electrons. The van der Waals surface area contributed by atoms with E-state index in [1.54, 1.807) is 4.68 Å². The third kappa shape index (κ3) is 3.42. The zero-order chi connectivity index (χ0) is 18.1. The maximum absolute atomic E-state index is 6.25. The molecule has 0 aliphatic heterocycles. The Morgan fingerprint density at radius 3 is 2.69 bits per heavy atom. The van der Waals surface area contributed by atoms with E-state index >= 15 is 0 Å². The van der Waals surface area contributed by atoms with Gasteiger partial charge in [0.1, 0.15) is 0 Å². The van der Waals surface area contributed by atoms with Crippen molar-refractivity contribution in [3.63, 3.8) is 0 Å². The van der Waals surface area contributed by atoms with E-state index in [9.17, 15) is 0 Å². The zero-order valence-corrected chi connectivity index (χ0v) is 15.2. The van der Waals surface area contributed by atoms with Crippen LogP contribution in [0.4, 0.5) is 17.5 Å². The van der Waals surface area contributed by atoms with Crippen LogP contribution in [0.1, 0.15) is 25.7 Å². The average Bonchev–Trinajstić information content (AvgIpc) is 3.00. The molecule has 0 spiro atoms. The van der Waals surface area contributed by atoms with Crippen molar-refractivity contribution in [2.45, 2.75) is 37.8 Å². The fraction of sp³-hybridized carbons (Fsp3) is 0.412. The molecule has 8 nitrogen and oxygen atoms in total. The molecule has 26 heavy (non-hydrogen) atoms. The standard InChI is InChI=1S/C17H21ClN8/c1-26-16-14(24-25-26)15(20-11-8-6-10(18)7-9-11)22-17(23-16)21-13-5-3-2-4-12(13)19/h6-9,12-13H,2-5,19H2,1H3,(H2,20,21,22,23). The molecular weight excluding hydrogens is 352 g/mol. The Hall–Kier alpha value is -2.45. The van der Waals surface area contributed by atoms with Gasteiger partial charge in [0, 0.05) is 29.8 Å². The number of nitrogens with one attached hydrogen (secondary N) is 2. The predicted molar refractivity (Wildman–Crippen MR) is 103 cm³/mol. The minimum absolute atomic E-state index is 0.111. The molecule has 1 aliphatic rings. The number of aromatic nitrogens is 5. The van der Waals surface area contributed by atoms with Gasteiger partial charge in [-0.1, -0.05) is 29.7 Å². The summed E-state index contributed by atoms with van der Waals surface area (Å²) in [5.74, 6) is 1.12. The molecule has 2 atom stereocenters. The normalized spacial score (nSPS) is 20.3. The summed E-state index contributed by atoms with van der Waals surface area (Å²) in [4.78, 5) is 9.20. The van der Waals surface area contributed by atoms with Crippen molar-refractivity contribution >= 4 is 40.2 Å². The van der Waals surface area contributed by atoms with Crippen molar-refractivity contribution in [3.8, 4) is 0 Å². The maximum Gasteiger partial charge on any atom is 0.227 e. The van der Waals surface area contributed by atoms with Gasteiger partial charge < -0.3 is 16.4 Å². The third-order valence-electron chi connectivity index (χ3n) is 4.69. The van der Waals surface area contributed by atoms with Gasteiger partial charge in [-0.25, -0.2) is 4.68 Å². The summed E-state index contributed by atoms with van der Waals surface area (Å²) in [7, 11) is 1.81. The molecule has 4 N–H and O–H groups in total. The van der Waals surface area contributed by atoms with E-state index in [2.05, 4.69) is 30.9 Å². The van der Waals surface area contributed by atoms with Crippen molar-refractivity contribution in [3.05, 3.63) is 29.3 Å². The molecule has 3 aromatic rings. The minimum atomic E-state index is 0.111. The van der Waals surface area contributed by atoms with Crippen LogP contribution in [0.5, 0.6) is 0 Å². The third-order valence-corrected chi connectivity index (χ3v) is 4.94. The maximum atomic E-state index is 6.25. The number of hydrogen-bond donors (Lipinski definition) is 3. The summed E-state index contributed by atoms with van der Waals surface area (Å²) in [5, 5.41) is 15.6. The number of benzene rings is 1. The molecule has 0 radical (unpaired) electrons. The summed E-state index contributed by atoms with van der Waals surface area (Å²) < 4.78 is 1.63. The average molecular weight is 373 g/mol. The quantitative estimate of drug-likeness (QED) is 0.646. The Morgan fingerprint density at radius 1 is 1.15 bits per heavy atom. The topological polar surface area (TPSA) is 107 Å². The van der Waals surface area contributed by atoms with Gasteiger partial charge >= 0.3 is 0 Å². The molecule has 1 saturated carbocycles. The minimum Gasteiger partial charge on any atom is -0.350 e. The van der Waals surface area contributed by atoms with Gasteiger partial charge in [0.25, 0.3) is 0 Å². The first-order valence-electron chi connectivity index (χ1n) is 8.72. The molecule has 2 aromatic heterocycles. The molecule has 1 aromatic carbocycles. The monoisotopic (exact) mass is 372 g/mol. The highest BCUT2D eigenvalue weighted by atomic mass is 35.5. The molecule has 1 fully saturated rings. The van der Waals surface area contributed by atoms with E-state index in [0.717, 1.165) is 24.9 Å². The molecular formula is C17H21ClN8. The smallest absolute Gasteiger partial charge is 0.227 e. The van der Waals surface area contributed by atoms with E-state index in [1.807, 2.05) is 31.3 Å². The lowest BCUT2D eigenvalue weighted by molar-refractivity contribution is 0.402. The van der Waals surface area contributed by atoms with Crippen LogP contribution in [-0.2, 0) is 7.05 Å². The number of nitrogens with zero attached hydrogens (tertiary/aromatic N) is 5. The SMILES string of the molecule is Cn1nnc2c(Nc3ccc(Cl)cc3)nc(NC3CCCCC3N)nc21. The largest absolute Gasteiger partial charge is 0.350 e. The number of anilines is 3. The molecule has 1 aliphatic carbocycles. The van der Waals surface area contributed by atoms with Crippen LogP contribution >= 0.6 is 11.6 Å². The molecule has 0 saturated heterocycles. The molecule has 2 heterocycles. The molecule has 9 heteroatoms. The van der Waals surface area contributed by atoms with Gasteiger partial charge in [-0.05, 0) is 37.1 Å². The highest BCUT2D eigenvalue weighted by Crippen LogP contribution is 2.26. The molecule has 2 unspecified atom stereocenters. The Balaban J connectivity index is 1.68. The van der Waals surface area contributed by atoms with Crippen molar-refractivity contribution in [1.82, 2.24) is 25.0 Å². The van der Waals surface area contributed by atoms with Crippen LogP contribution in [0.25, 0.3) is 11.2 Å². The molecule has 0 amide bonds. The number of fused-ring (bicyclic) bond motifs is 1. The van der Waals surface area contributed by atoms with Crippen molar-refractivity contribution < 1.29 is 0 Å². The van der Waals surface area contributed by atoms with E-state index in [4.69, 9.17) is 17.3 Å². The highest BCUT2D eigenvalue weighted by Gasteiger charge is 2.23. The van der Waals surface area contributed by atoms with Crippen LogP contribution in [-0.4, -0.2) is 37.0 Å². The van der Waals surface area contributed by atoms with Gasteiger partial charge in [0.15, 0.2) is 17.0 Å². The second-order valence-corrected chi connectivity index (χ2v) is 7.05. The predicted octanol–water partition coefficient (Wildman–Crippen LogP) is 2.84. The lowest BCUT2D eigenvalue weighted by Gasteiger charge is -2.29. The van der Waals surface area contributed by atoms with Gasteiger partial charge in [-0.15, -0.1) is 5.10 Å². The van der Waals surface area contributed by atoms with Gasteiger partial charge in [-0.3, -0.25) is 0 Å². The van der Waals surface area contributed by atoms with Crippen LogP contribution in [0.15, 0.2) is 24.3 Å². The first kappa shape index (κ1) is 17.0. The van der Waals surface area contributed by atoms with E-state index in [-0.39, 0.29) is 12.1 Å². The van der Waals surface area contributed by atoms with Crippen molar-refractivity contribution in [2.75, 3.05) is 10.6 Å². The van der Waals surface area contributed by atoms with Gasteiger partial charge in [-0.2, -0.15) is 9.97 Å². The van der Waals surface area contributed by atoms with Crippen molar-refractivity contribution in [1.29, 1.82) is 0 Å². The second kappa shape index (κ2) is 7.05. The Labute approximate surface area is 156 Å². The van der Waals surface area contributed by atoms with Crippen LogP contribution in [0, 0.1) is 0 Å². The first-order chi connectivity index (χ1) is 12.6. The Morgan fingerprint density at radius 2 is 1.92 bits per heavy atom. The van der Waals surface area contributed by atoms with E-state index < -0.39 is 0 Å². The lowest BCUT2D eigenvalue weighted by atomic mass is 9.91. The number of aryl methyl sites for hydroxylation is 1. The zero-order valence-electron chi connectivity index (χ0n) is 14.5. The Bertz CT molecular complexity index is 907. The summed E-state index contributed by atoms with van der Waals surface area (Å²) in [6.45, 7) is 0. The fourth-order valence-electron chi connectivity index (χ4n) is 3.24. The Kier molecular flexibility index (Phi) is 4.60. The second-order valence-electron chi connectivity index (χ2n) is 6.61. The lowest BCUT2D eigenvalue weighted by Crippen LogP contribution is -2.43. The summed E-state index contributed by atoms with van der Waals surface area (Å²) in [6, 6.07) is 7.69. The van der Waals surface area contributed by atoms with Gasteiger partial charge in [0.05, 0.1) is 0 Å². The molecule has 0 bridgehead atoms. The van der Waals surface area contributed by atoms with Crippen molar-refractivity contribution in [2.24, 2.45) is 12.8 Å². The highest BCUT2D eigenvalue weighted by molar-refractivity contribution is 6.30.